The Bertz CT molecular complexity index is 827. The van der Waals surface area contributed by atoms with Crippen molar-refractivity contribution in [2.75, 3.05) is 6.54 Å². The van der Waals surface area contributed by atoms with Crippen molar-refractivity contribution in [3.05, 3.63) is 65.2 Å². The molecule has 1 fully saturated rings. The molecule has 1 unspecified atom stereocenters. The molecule has 23 heavy (non-hydrogen) atoms. The molecule has 0 aliphatic carbocycles. The summed E-state index contributed by atoms with van der Waals surface area (Å²) in [5.41, 5.74) is 2.84. The molecule has 6 heteroatoms. The minimum absolute atomic E-state index is 0.122. The second kappa shape index (κ2) is 5.70. The Kier molecular flexibility index (Phi) is 3.85. The van der Waals surface area contributed by atoms with Gasteiger partial charge >= 0.3 is 6.03 Å². The number of sulfonamides is 1. The van der Waals surface area contributed by atoms with Crippen LogP contribution in [0.15, 0.2) is 53.4 Å². The van der Waals surface area contributed by atoms with Gasteiger partial charge in [-0.3, -0.25) is 0 Å². The van der Waals surface area contributed by atoms with E-state index < -0.39 is 22.1 Å². The molecule has 0 spiro atoms. The molecule has 1 aliphatic rings. The first kappa shape index (κ1) is 15.6. The van der Waals surface area contributed by atoms with Gasteiger partial charge in [-0.05, 0) is 31.5 Å². The molecule has 5 nitrogen and oxygen atoms in total. The van der Waals surface area contributed by atoms with E-state index in [1.54, 1.807) is 12.1 Å². The largest absolute Gasteiger partial charge is 0.335 e. The zero-order chi connectivity index (χ0) is 16.6. The number of nitrogens with one attached hydrogen (secondary N) is 1. The molecule has 2 amide bonds. The van der Waals surface area contributed by atoms with E-state index in [9.17, 15) is 13.2 Å². The van der Waals surface area contributed by atoms with Crippen LogP contribution in [-0.4, -0.2) is 25.3 Å². The molecule has 1 aliphatic heterocycles. The summed E-state index contributed by atoms with van der Waals surface area (Å²) in [6.45, 7) is 4.11. The maximum Gasteiger partial charge on any atom is 0.332 e. The van der Waals surface area contributed by atoms with Crippen molar-refractivity contribution >= 4 is 16.1 Å². The van der Waals surface area contributed by atoms with E-state index in [1.165, 1.54) is 12.1 Å². The number of amides is 2. The summed E-state index contributed by atoms with van der Waals surface area (Å²) in [6, 6.07) is 12.9. The Balaban J connectivity index is 2.02. The van der Waals surface area contributed by atoms with Gasteiger partial charge in [0.15, 0.2) is 0 Å². The summed E-state index contributed by atoms with van der Waals surface area (Å²) >= 11 is 0. The minimum atomic E-state index is -3.89. The lowest BCUT2D eigenvalue weighted by Crippen LogP contribution is -2.35. The summed E-state index contributed by atoms with van der Waals surface area (Å²) in [6.07, 6.45) is 0. The van der Waals surface area contributed by atoms with Crippen LogP contribution >= 0.6 is 0 Å². The molecule has 0 saturated carbocycles. The number of urea groups is 1. The smallest absolute Gasteiger partial charge is 0.332 e. The van der Waals surface area contributed by atoms with Crippen molar-refractivity contribution in [2.24, 2.45) is 0 Å². The lowest BCUT2D eigenvalue weighted by atomic mass is 10.1. The molecule has 0 aromatic heterocycles. The third-order valence-electron chi connectivity index (χ3n) is 3.97. The molecular weight excluding hydrogens is 312 g/mol. The first-order chi connectivity index (χ1) is 10.9. The number of carbonyl (C=O) groups excluding carboxylic acids is 1. The maximum atomic E-state index is 12.9. The number of aryl methyl sites for hydroxylation is 2. The summed E-state index contributed by atoms with van der Waals surface area (Å²) in [5.74, 6) is 0. The highest BCUT2D eigenvalue weighted by atomic mass is 32.2. The normalized spacial score (nSPS) is 18.1. The van der Waals surface area contributed by atoms with Gasteiger partial charge in [0.1, 0.15) is 0 Å². The van der Waals surface area contributed by atoms with Crippen LogP contribution in [0.3, 0.4) is 0 Å². The summed E-state index contributed by atoms with van der Waals surface area (Å²) in [4.78, 5) is 12.3. The van der Waals surface area contributed by atoms with E-state index in [0.29, 0.717) is 0 Å². The van der Waals surface area contributed by atoms with Crippen molar-refractivity contribution in [3.63, 3.8) is 0 Å². The van der Waals surface area contributed by atoms with Gasteiger partial charge in [0.25, 0.3) is 10.0 Å². The Morgan fingerprint density at radius 1 is 0.957 bits per heavy atom. The number of rotatable bonds is 3. The van der Waals surface area contributed by atoms with Crippen molar-refractivity contribution in [2.45, 2.75) is 24.8 Å². The van der Waals surface area contributed by atoms with E-state index in [1.807, 2.05) is 38.1 Å². The molecule has 1 heterocycles. The van der Waals surface area contributed by atoms with Crippen LogP contribution in [-0.2, 0) is 10.0 Å². The van der Waals surface area contributed by atoms with Gasteiger partial charge in [0.2, 0.25) is 0 Å². The highest BCUT2D eigenvalue weighted by Crippen LogP contribution is 2.31. The first-order valence-electron chi connectivity index (χ1n) is 7.35. The van der Waals surface area contributed by atoms with Crippen LogP contribution in [0.25, 0.3) is 0 Å². The van der Waals surface area contributed by atoms with Gasteiger partial charge in [-0.25, -0.2) is 17.5 Å². The number of nitrogens with zero attached hydrogens (tertiary/aromatic N) is 1. The van der Waals surface area contributed by atoms with E-state index in [-0.39, 0.29) is 11.4 Å². The van der Waals surface area contributed by atoms with Crippen molar-refractivity contribution in [1.82, 2.24) is 9.62 Å². The molecule has 1 N–H and O–H groups in total. The van der Waals surface area contributed by atoms with Crippen molar-refractivity contribution in [1.29, 1.82) is 0 Å². The van der Waals surface area contributed by atoms with E-state index in [0.717, 1.165) is 21.0 Å². The molecule has 1 atom stereocenters. The average Bonchev–Trinajstić information content (AvgIpc) is 2.91. The van der Waals surface area contributed by atoms with Crippen LogP contribution in [0.2, 0.25) is 0 Å². The SMILES string of the molecule is Cc1ccc(C2CNC(=O)N2S(=O)(=O)c2ccc(C)cc2)cc1. The Hall–Kier alpha value is -2.34. The lowest BCUT2D eigenvalue weighted by Gasteiger charge is -2.23. The van der Waals surface area contributed by atoms with E-state index >= 15 is 0 Å². The zero-order valence-electron chi connectivity index (χ0n) is 13.0. The van der Waals surface area contributed by atoms with Gasteiger partial charge < -0.3 is 5.32 Å². The fraction of sp³-hybridized carbons (Fsp3) is 0.235. The average molecular weight is 330 g/mol. The molecule has 1 saturated heterocycles. The minimum Gasteiger partial charge on any atom is -0.335 e. The summed E-state index contributed by atoms with van der Waals surface area (Å²) in [7, 11) is -3.89. The standard InChI is InChI=1S/C17H18N2O3S/c1-12-3-7-14(8-4-12)16-11-18-17(20)19(16)23(21,22)15-9-5-13(2)6-10-15/h3-10,16H,11H2,1-2H3,(H,18,20). The van der Waals surface area contributed by atoms with Crippen molar-refractivity contribution in [3.8, 4) is 0 Å². The highest BCUT2D eigenvalue weighted by Gasteiger charge is 2.41. The first-order valence-corrected chi connectivity index (χ1v) is 8.79. The summed E-state index contributed by atoms with van der Waals surface area (Å²) in [5, 5.41) is 2.63. The Morgan fingerprint density at radius 3 is 2.04 bits per heavy atom. The molecular formula is C17H18N2O3S. The predicted octanol–water partition coefficient (Wildman–Crippen LogP) is 2.76. The number of carbonyl (C=O) groups is 1. The zero-order valence-corrected chi connectivity index (χ0v) is 13.8. The molecule has 3 rings (SSSR count). The second-order valence-electron chi connectivity index (χ2n) is 5.73. The second-order valence-corrected chi connectivity index (χ2v) is 7.54. The number of hydrogen-bond acceptors (Lipinski definition) is 3. The van der Waals surface area contributed by atoms with Gasteiger partial charge in [0.05, 0.1) is 10.9 Å². The van der Waals surface area contributed by atoms with Gasteiger partial charge in [0, 0.05) is 6.54 Å². The van der Waals surface area contributed by atoms with Crippen LogP contribution in [0.5, 0.6) is 0 Å². The molecule has 0 radical (unpaired) electrons. The highest BCUT2D eigenvalue weighted by molar-refractivity contribution is 7.89. The third kappa shape index (κ3) is 2.82. The van der Waals surface area contributed by atoms with Crippen LogP contribution in [0.1, 0.15) is 22.7 Å². The van der Waals surface area contributed by atoms with Gasteiger partial charge in [-0.1, -0.05) is 47.5 Å². The predicted molar refractivity (Wildman–Crippen MR) is 87.5 cm³/mol. The van der Waals surface area contributed by atoms with Gasteiger partial charge in [-0.15, -0.1) is 0 Å². The van der Waals surface area contributed by atoms with Crippen molar-refractivity contribution < 1.29 is 13.2 Å². The monoisotopic (exact) mass is 330 g/mol. The number of hydrogen-bond donors (Lipinski definition) is 1. The van der Waals surface area contributed by atoms with Crippen LogP contribution in [0, 0.1) is 13.8 Å². The topological polar surface area (TPSA) is 66.5 Å². The Labute approximate surface area is 136 Å². The molecule has 2 aromatic rings. The lowest BCUT2D eigenvalue weighted by molar-refractivity contribution is 0.231. The van der Waals surface area contributed by atoms with Crippen LogP contribution in [0.4, 0.5) is 4.79 Å². The summed E-state index contributed by atoms with van der Waals surface area (Å²) < 4.78 is 26.7. The molecule has 0 bridgehead atoms. The quantitative estimate of drug-likeness (QED) is 0.941. The van der Waals surface area contributed by atoms with Crippen LogP contribution < -0.4 is 5.32 Å². The van der Waals surface area contributed by atoms with E-state index in [4.69, 9.17) is 0 Å². The molecule has 120 valence electrons. The van der Waals surface area contributed by atoms with Gasteiger partial charge in [-0.2, -0.15) is 0 Å². The fourth-order valence-corrected chi connectivity index (χ4v) is 4.15. The number of benzene rings is 2. The third-order valence-corrected chi connectivity index (χ3v) is 5.78. The maximum absolute atomic E-state index is 12.9. The Morgan fingerprint density at radius 2 is 1.48 bits per heavy atom. The van der Waals surface area contributed by atoms with E-state index in [2.05, 4.69) is 5.32 Å². The molecule has 2 aromatic carbocycles. The fourth-order valence-electron chi connectivity index (χ4n) is 2.63.